The molecule has 3 heteroatoms. The van der Waals surface area contributed by atoms with Crippen molar-refractivity contribution in [3.05, 3.63) is 115 Å². The lowest BCUT2D eigenvalue weighted by Crippen LogP contribution is -3.00. The molecule has 0 saturated carbocycles. The van der Waals surface area contributed by atoms with E-state index in [0.717, 1.165) is 25.9 Å². The number of ether oxygens (including phenoxy) is 1. The molecule has 0 spiro atoms. The van der Waals surface area contributed by atoms with Gasteiger partial charge < -0.3 is 21.7 Å². The first-order valence-electron chi connectivity index (χ1n) is 11.3. The summed E-state index contributed by atoms with van der Waals surface area (Å²) in [5.74, 6) is 0. The molecule has 1 aliphatic rings. The van der Waals surface area contributed by atoms with Crippen LogP contribution in [-0.2, 0) is 4.74 Å². The molecule has 0 amide bonds. The molecule has 0 fully saturated rings. The van der Waals surface area contributed by atoms with Crippen molar-refractivity contribution in [3.8, 4) is 0 Å². The van der Waals surface area contributed by atoms with Gasteiger partial charge in [-0.05, 0) is 68.0 Å². The molecule has 3 aromatic carbocycles. The Kier molecular flexibility index (Phi) is 8.65. The fourth-order valence-corrected chi connectivity index (χ4v) is 9.13. The van der Waals surface area contributed by atoms with Crippen molar-refractivity contribution in [3.63, 3.8) is 0 Å². The van der Waals surface area contributed by atoms with Gasteiger partial charge in [0.1, 0.15) is 28.5 Å². The molecule has 1 atom stereocenters. The molecule has 1 unspecified atom stereocenters. The molecule has 4 rings (SSSR count). The second kappa shape index (κ2) is 11.2. The molecule has 32 heavy (non-hydrogen) atoms. The Morgan fingerprint density at radius 1 is 0.750 bits per heavy atom. The third kappa shape index (κ3) is 4.69. The Morgan fingerprint density at radius 2 is 1.22 bits per heavy atom. The van der Waals surface area contributed by atoms with Crippen LogP contribution in [0.4, 0.5) is 0 Å². The smallest absolute Gasteiger partial charge is 0.143 e. The Bertz CT molecular complexity index is 926. The second-order valence-corrected chi connectivity index (χ2v) is 11.5. The van der Waals surface area contributed by atoms with Crippen LogP contribution in [0.3, 0.4) is 0 Å². The van der Waals surface area contributed by atoms with Gasteiger partial charge in [-0.1, -0.05) is 67.9 Å². The lowest BCUT2D eigenvalue weighted by Gasteiger charge is -2.35. The minimum Gasteiger partial charge on any atom is -1.00 e. The van der Waals surface area contributed by atoms with E-state index in [0.29, 0.717) is 0 Å². The van der Waals surface area contributed by atoms with Crippen LogP contribution in [0.5, 0.6) is 0 Å². The van der Waals surface area contributed by atoms with E-state index in [9.17, 15) is 0 Å². The minimum absolute atomic E-state index is 0. The second-order valence-electron chi connectivity index (χ2n) is 8.09. The quantitative estimate of drug-likeness (QED) is 0.425. The fraction of sp³-hybridized carbons (Fsp3) is 0.241. The SMILES string of the molecule is CCCC1(OCC)C=CC([P+](c2ccccc2)(c2ccccc2)c2ccccc2)=CC1.[Br-]. The zero-order valence-electron chi connectivity index (χ0n) is 19.0. The predicted molar refractivity (Wildman–Crippen MR) is 136 cm³/mol. The molecular formula is C29H32BrOP. The van der Waals surface area contributed by atoms with Crippen LogP contribution in [0.2, 0.25) is 0 Å². The van der Waals surface area contributed by atoms with Crippen LogP contribution in [0.15, 0.2) is 115 Å². The van der Waals surface area contributed by atoms with E-state index in [2.05, 4.69) is 123 Å². The lowest BCUT2D eigenvalue weighted by atomic mass is 9.90. The topological polar surface area (TPSA) is 9.23 Å². The first kappa shape index (κ1) is 24.6. The van der Waals surface area contributed by atoms with Gasteiger partial charge in [-0.25, -0.2) is 0 Å². The van der Waals surface area contributed by atoms with Gasteiger partial charge in [0.05, 0.1) is 5.60 Å². The summed E-state index contributed by atoms with van der Waals surface area (Å²) in [6.45, 7) is 5.08. The van der Waals surface area contributed by atoms with Crippen molar-refractivity contribution in [1.82, 2.24) is 0 Å². The molecule has 0 N–H and O–H groups in total. The fourth-order valence-electron chi connectivity index (χ4n) is 4.82. The molecule has 0 aliphatic heterocycles. The Hall–Kier alpha value is -1.99. The lowest BCUT2D eigenvalue weighted by molar-refractivity contribution is -0.00633. The summed E-state index contributed by atoms with van der Waals surface area (Å²) in [7, 11) is -2.00. The molecular weight excluding hydrogens is 475 g/mol. The molecule has 1 nitrogen and oxygen atoms in total. The number of benzene rings is 3. The van der Waals surface area contributed by atoms with Gasteiger partial charge in [0, 0.05) is 13.0 Å². The number of rotatable bonds is 8. The van der Waals surface area contributed by atoms with Gasteiger partial charge in [0.2, 0.25) is 0 Å². The molecule has 1 aliphatic carbocycles. The molecule has 0 bridgehead atoms. The van der Waals surface area contributed by atoms with Crippen LogP contribution >= 0.6 is 7.26 Å². The number of hydrogen-bond donors (Lipinski definition) is 0. The average molecular weight is 507 g/mol. The van der Waals surface area contributed by atoms with Crippen LogP contribution in [-0.4, -0.2) is 12.2 Å². The molecule has 3 aromatic rings. The van der Waals surface area contributed by atoms with Gasteiger partial charge in [-0.15, -0.1) is 0 Å². The highest BCUT2D eigenvalue weighted by Gasteiger charge is 2.49. The zero-order valence-corrected chi connectivity index (χ0v) is 21.4. The maximum atomic E-state index is 6.27. The summed E-state index contributed by atoms with van der Waals surface area (Å²) in [6.07, 6.45) is 10.3. The van der Waals surface area contributed by atoms with E-state index in [4.69, 9.17) is 4.74 Å². The van der Waals surface area contributed by atoms with Crippen molar-refractivity contribution in [2.75, 3.05) is 6.61 Å². The van der Waals surface area contributed by atoms with Gasteiger partial charge in [0.25, 0.3) is 0 Å². The Morgan fingerprint density at radius 3 is 1.56 bits per heavy atom. The number of allylic oxidation sites excluding steroid dienone is 2. The molecule has 0 radical (unpaired) electrons. The van der Waals surface area contributed by atoms with Gasteiger partial charge in [-0.2, -0.15) is 0 Å². The zero-order chi connectivity index (χ0) is 21.6. The van der Waals surface area contributed by atoms with Crippen LogP contribution in [0.25, 0.3) is 0 Å². The monoisotopic (exact) mass is 506 g/mol. The van der Waals surface area contributed by atoms with E-state index in [1.165, 1.54) is 21.2 Å². The normalized spacial score (nSPS) is 18.0. The van der Waals surface area contributed by atoms with Gasteiger partial charge in [0.15, 0.2) is 0 Å². The van der Waals surface area contributed by atoms with Crippen molar-refractivity contribution in [1.29, 1.82) is 0 Å². The predicted octanol–water partition coefficient (Wildman–Crippen LogP) is 3.40. The maximum absolute atomic E-state index is 6.27. The largest absolute Gasteiger partial charge is 1.00 e. The van der Waals surface area contributed by atoms with Crippen LogP contribution < -0.4 is 32.9 Å². The highest BCUT2D eigenvalue weighted by atomic mass is 79.9. The van der Waals surface area contributed by atoms with E-state index < -0.39 is 7.26 Å². The van der Waals surface area contributed by atoms with E-state index in [1.807, 2.05) is 0 Å². The highest BCUT2D eigenvalue weighted by molar-refractivity contribution is 7.99. The summed E-state index contributed by atoms with van der Waals surface area (Å²) in [6, 6.07) is 33.2. The Labute approximate surface area is 204 Å². The van der Waals surface area contributed by atoms with Crippen LogP contribution in [0, 0.1) is 0 Å². The third-order valence-corrected chi connectivity index (χ3v) is 10.5. The minimum atomic E-state index is -2.00. The summed E-state index contributed by atoms with van der Waals surface area (Å²) in [5.41, 5.74) is -0.174. The van der Waals surface area contributed by atoms with Crippen molar-refractivity contribution in [2.24, 2.45) is 0 Å². The third-order valence-electron chi connectivity index (χ3n) is 6.14. The highest BCUT2D eigenvalue weighted by Crippen LogP contribution is 2.64. The van der Waals surface area contributed by atoms with E-state index in [-0.39, 0.29) is 22.6 Å². The summed E-state index contributed by atoms with van der Waals surface area (Å²) < 4.78 is 6.27. The van der Waals surface area contributed by atoms with E-state index in [1.54, 1.807) is 0 Å². The maximum Gasteiger partial charge on any atom is 0.143 e. The molecule has 0 saturated heterocycles. The molecule has 0 aromatic heterocycles. The molecule has 166 valence electrons. The van der Waals surface area contributed by atoms with Crippen molar-refractivity contribution in [2.45, 2.75) is 38.7 Å². The Balaban J connectivity index is 0.00000289. The van der Waals surface area contributed by atoms with Crippen molar-refractivity contribution < 1.29 is 21.7 Å². The summed E-state index contributed by atoms with van der Waals surface area (Å²) in [4.78, 5) is 0. The van der Waals surface area contributed by atoms with Crippen molar-refractivity contribution >= 4 is 23.2 Å². The molecule has 0 heterocycles. The summed E-state index contributed by atoms with van der Waals surface area (Å²) >= 11 is 0. The van der Waals surface area contributed by atoms with Crippen LogP contribution in [0.1, 0.15) is 33.1 Å². The summed E-state index contributed by atoms with van der Waals surface area (Å²) in [5, 5.41) is 5.59. The van der Waals surface area contributed by atoms with Gasteiger partial charge >= 0.3 is 0 Å². The first-order valence-corrected chi connectivity index (χ1v) is 13.1. The van der Waals surface area contributed by atoms with E-state index >= 15 is 0 Å². The average Bonchev–Trinajstić information content (AvgIpc) is 2.83. The standard InChI is InChI=1S/C29H32OP.BrH/c1-3-22-29(30-4-2)23-20-28(21-24-29)31(25-14-8-5-9-15-25,26-16-10-6-11-17-26)27-18-12-7-13-19-27;/h5-21,23H,3-4,22,24H2,1-2H3;1H/q+1;/p-1. The number of hydrogen-bond acceptors (Lipinski definition) is 1. The number of halogens is 1. The van der Waals surface area contributed by atoms with Gasteiger partial charge in [-0.3, -0.25) is 0 Å². The first-order chi connectivity index (χ1) is 15.2.